The summed E-state index contributed by atoms with van der Waals surface area (Å²) in [6, 6.07) is 0. The first-order valence-electron chi connectivity index (χ1n) is 7.23. The second kappa shape index (κ2) is 5.97. The molecule has 0 bridgehead atoms. The molecule has 1 heterocycles. The van der Waals surface area contributed by atoms with E-state index in [-0.39, 0.29) is 5.60 Å². The minimum atomic E-state index is -0.213. The molecule has 0 aromatic carbocycles. The summed E-state index contributed by atoms with van der Waals surface area (Å²) in [6.07, 6.45) is 4.28. The molecule has 0 unspecified atom stereocenters. The molecule has 1 aliphatic rings. The van der Waals surface area contributed by atoms with Gasteiger partial charge in [-0.15, -0.1) is 0 Å². The summed E-state index contributed by atoms with van der Waals surface area (Å²) >= 11 is 0. The number of likely N-dealkylation sites (N-methyl/N-ethyl adjacent to an activating group) is 1. The highest BCUT2D eigenvalue weighted by Crippen LogP contribution is 2.42. The molecule has 4 heteroatoms. The molecule has 0 atom stereocenters. The van der Waals surface area contributed by atoms with Crippen molar-refractivity contribution in [2.24, 2.45) is 0 Å². The van der Waals surface area contributed by atoms with Gasteiger partial charge in [0.1, 0.15) is 5.60 Å². The Kier molecular flexibility index (Phi) is 4.53. The summed E-state index contributed by atoms with van der Waals surface area (Å²) in [6.45, 7) is 8.28. The predicted octanol–water partition coefficient (Wildman–Crippen LogP) is 2.27. The molecule has 1 saturated carbocycles. The lowest BCUT2D eigenvalue weighted by Crippen LogP contribution is -2.38. The molecule has 1 aromatic heterocycles. The molecular weight excluding hydrogens is 238 g/mol. The van der Waals surface area contributed by atoms with Gasteiger partial charge in [0.2, 0.25) is 0 Å². The molecule has 1 aromatic rings. The van der Waals surface area contributed by atoms with Crippen molar-refractivity contribution in [2.75, 3.05) is 20.2 Å². The summed E-state index contributed by atoms with van der Waals surface area (Å²) < 4.78 is 5.67. The van der Waals surface area contributed by atoms with Crippen molar-refractivity contribution < 1.29 is 4.74 Å². The number of hydrogen-bond acceptors (Lipinski definition) is 4. The number of hydrogen-bond donors (Lipinski definition) is 1. The lowest BCUT2D eigenvalue weighted by atomic mass is 9.79. The van der Waals surface area contributed by atoms with E-state index in [9.17, 15) is 0 Å². The summed E-state index contributed by atoms with van der Waals surface area (Å²) in [5, 5.41) is 3.35. The van der Waals surface area contributed by atoms with Crippen molar-refractivity contribution in [3.8, 4) is 0 Å². The van der Waals surface area contributed by atoms with E-state index in [0.29, 0.717) is 0 Å². The van der Waals surface area contributed by atoms with E-state index in [0.717, 1.165) is 49.6 Å². The van der Waals surface area contributed by atoms with Gasteiger partial charge in [0.05, 0.1) is 0 Å². The third-order valence-corrected chi connectivity index (χ3v) is 4.18. The first-order valence-corrected chi connectivity index (χ1v) is 7.23. The number of ether oxygens (including phenoxy) is 1. The second-order valence-corrected chi connectivity index (χ2v) is 5.35. The summed E-state index contributed by atoms with van der Waals surface area (Å²) in [5.41, 5.74) is 3.26. The monoisotopic (exact) mass is 263 g/mol. The van der Waals surface area contributed by atoms with Crippen LogP contribution in [0.25, 0.3) is 0 Å². The average molecular weight is 263 g/mol. The van der Waals surface area contributed by atoms with Crippen molar-refractivity contribution in [3.63, 3.8) is 0 Å². The zero-order chi connectivity index (χ0) is 13.9. The predicted molar refractivity (Wildman–Crippen MR) is 76.3 cm³/mol. The van der Waals surface area contributed by atoms with E-state index in [1.54, 1.807) is 7.11 Å². The van der Waals surface area contributed by atoms with Crippen LogP contribution in [0.4, 0.5) is 0 Å². The van der Waals surface area contributed by atoms with Gasteiger partial charge in [-0.3, -0.25) is 0 Å². The Morgan fingerprint density at radius 3 is 2.26 bits per heavy atom. The fourth-order valence-electron chi connectivity index (χ4n) is 2.71. The van der Waals surface area contributed by atoms with E-state index >= 15 is 0 Å². The molecule has 106 valence electrons. The molecule has 1 N–H and O–H groups in total. The van der Waals surface area contributed by atoms with Gasteiger partial charge in [0.25, 0.3) is 0 Å². The topological polar surface area (TPSA) is 47.0 Å². The standard InChI is InChI=1S/C15H25N3O/c1-5-16-10-7-13-11(2)17-14(18-12(13)3)15(19-4)8-6-9-15/h16H,5-10H2,1-4H3. The van der Waals surface area contributed by atoms with Crippen molar-refractivity contribution >= 4 is 0 Å². The van der Waals surface area contributed by atoms with Crippen molar-refractivity contribution in [3.05, 3.63) is 22.8 Å². The summed E-state index contributed by atoms with van der Waals surface area (Å²) in [7, 11) is 1.77. The molecule has 1 fully saturated rings. The minimum Gasteiger partial charge on any atom is -0.370 e. The van der Waals surface area contributed by atoms with Crippen molar-refractivity contribution in [2.45, 2.75) is 52.1 Å². The number of nitrogens with zero attached hydrogens (tertiary/aromatic N) is 2. The van der Waals surface area contributed by atoms with E-state index in [1.165, 1.54) is 12.0 Å². The lowest BCUT2D eigenvalue weighted by Gasteiger charge is -2.39. The van der Waals surface area contributed by atoms with Gasteiger partial charge in [0, 0.05) is 18.5 Å². The smallest absolute Gasteiger partial charge is 0.160 e. The first-order chi connectivity index (χ1) is 9.13. The highest BCUT2D eigenvalue weighted by molar-refractivity contribution is 5.26. The van der Waals surface area contributed by atoms with Gasteiger partial charge in [0.15, 0.2) is 5.82 Å². The lowest BCUT2D eigenvalue weighted by molar-refractivity contribution is -0.0848. The number of nitrogens with one attached hydrogen (secondary N) is 1. The van der Waals surface area contributed by atoms with Gasteiger partial charge >= 0.3 is 0 Å². The van der Waals surface area contributed by atoms with Crippen molar-refractivity contribution in [1.29, 1.82) is 0 Å². The molecule has 0 radical (unpaired) electrons. The molecule has 19 heavy (non-hydrogen) atoms. The molecule has 0 spiro atoms. The van der Waals surface area contributed by atoms with Crippen LogP contribution in [0, 0.1) is 13.8 Å². The van der Waals surface area contributed by atoms with Crippen LogP contribution < -0.4 is 5.32 Å². The number of aryl methyl sites for hydroxylation is 2. The Hall–Kier alpha value is -1.00. The largest absolute Gasteiger partial charge is 0.370 e. The van der Waals surface area contributed by atoms with Gasteiger partial charge in [-0.2, -0.15) is 0 Å². The van der Waals surface area contributed by atoms with Crippen LogP contribution in [-0.2, 0) is 16.8 Å². The van der Waals surface area contributed by atoms with Gasteiger partial charge < -0.3 is 10.1 Å². The van der Waals surface area contributed by atoms with Gasteiger partial charge in [-0.1, -0.05) is 6.92 Å². The van der Waals surface area contributed by atoms with Crippen LogP contribution >= 0.6 is 0 Å². The number of aromatic nitrogens is 2. The van der Waals surface area contributed by atoms with Gasteiger partial charge in [-0.25, -0.2) is 9.97 Å². The zero-order valence-corrected chi connectivity index (χ0v) is 12.5. The van der Waals surface area contributed by atoms with Crippen LogP contribution in [-0.4, -0.2) is 30.2 Å². The maximum atomic E-state index is 5.67. The Balaban J connectivity index is 2.21. The SMILES string of the molecule is CCNCCc1c(C)nc(C2(OC)CCC2)nc1C. The minimum absolute atomic E-state index is 0.213. The van der Waals surface area contributed by atoms with Crippen LogP contribution in [0.3, 0.4) is 0 Å². The zero-order valence-electron chi connectivity index (χ0n) is 12.5. The van der Waals surface area contributed by atoms with Crippen LogP contribution in [0.15, 0.2) is 0 Å². The molecule has 0 amide bonds. The Morgan fingerprint density at radius 2 is 1.84 bits per heavy atom. The van der Waals surface area contributed by atoms with Crippen molar-refractivity contribution in [1.82, 2.24) is 15.3 Å². The van der Waals surface area contributed by atoms with E-state index in [2.05, 4.69) is 26.1 Å². The van der Waals surface area contributed by atoms with Gasteiger partial charge in [-0.05, 0) is 58.2 Å². The second-order valence-electron chi connectivity index (χ2n) is 5.35. The molecule has 4 nitrogen and oxygen atoms in total. The fourth-order valence-corrected chi connectivity index (χ4v) is 2.71. The normalized spacial score (nSPS) is 17.3. The number of rotatable bonds is 6. The van der Waals surface area contributed by atoms with Crippen LogP contribution in [0.1, 0.15) is 49.0 Å². The third kappa shape index (κ3) is 2.79. The van der Waals surface area contributed by atoms with E-state index in [4.69, 9.17) is 14.7 Å². The molecule has 1 aliphatic carbocycles. The quantitative estimate of drug-likeness (QED) is 0.800. The van der Waals surface area contributed by atoms with E-state index in [1.807, 2.05) is 0 Å². The molecular formula is C15H25N3O. The highest BCUT2D eigenvalue weighted by atomic mass is 16.5. The Bertz CT molecular complexity index is 413. The molecule has 2 rings (SSSR count). The fraction of sp³-hybridized carbons (Fsp3) is 0.733. The molecule has 0 saturated heterocycles. The summed E-state index contributed by atoms with van der Waals surface area (Å²) in [4.78, 5) is 9.43. The number of methoxy groups -OCH3 is 1. The Labute approximate surface area is 116 Å². The average Bonchev–Trinajstić information content (AvgIpc) is 2.32. The third-order valence-electron chi connectivity index (χ3n) is 4.18. The maximum absolute atomic E-state index is 5.67. The summed E-state index contributed by atoms with van der Waals surface area (Å²) in [5.74, 6) is 0.878. The molecule has 0 aliphatic heterocycles. The first kappa shape index (κ1) is 14.4. The van der Waals surface area contributed by atoms with E-state index < -0.39 is 0 Å². The maximum Gasteiger partial charge on any atom is 0.160 e. The van der Waals surface area contributed by atoms with Crippen LogP contribution in [0.5, 0.6) is 0 Å². The Morgan fingerprint density at radius 1 is 1.21 bits per heavy atom. The van der Waals surface area contributed by atoms with Crippen LogP contribution in [0.2, 0.25) is 0 Å². The highest BCUT2D eigenvalue weighted by Gasteiger charge is 2.42.